The molecule has 1 heterocycles. The first-order chi connectivity index (χ1) is 5.65. The van der Waals surface area contributed by atoms with Crippen LogP contribution in [0, 0.1) is 0 Å². The number of carbonyl (C=O) groups is 1. The molecule has 0 saturated carbocycles. The maximum Gasteiger partial charge on any atom is 0.144 e. The number of aldehydes is 1. The van der Waals surface area contributed by atoms with E-state index >= 15 is 0 Å². The van der Waals surface area contributed by atoms with Gasteiger partial charge in [0.2, 0.25) is 0 Å². The van der Waals surface area contributed by atoms with Crippen LogP contribution in [0.15, 0.2) is 35.2 Å². The summed E-state index contributed by atoms with van der Waals surface area (Å²) in [7, 11) is 1.93. The van der Waals surface area contributed by atoms with E-state index in [2.05, 4.69) is 6.92 Å². The Labute approximate surface area is 72.9 Å². The summed E-state index contributed by atoms with van der Waals surface area (Å²) in [6, 6.07) is 0. The smallest absolute Gasteiger partial charge is 0.144 e. The molecular formula is C10H13NO. The molecule has 0 bridgehead atoms. The molecule has 0 aromatic rings. The number of hydrogen-bond donors (Lipinski definition) is 0. The standard InChI is InChI=1S/C10H13NO/c1-8-6-10(4-5-12)11(3)7-9(8)2/h4-7H,1-3H3. The topological polar surface area (TPSA) is 20.3 Å². The van der Waals surface area contributed by atoms with E-state index in [9.17, 15) is 4.79 Å². The molecule has 0 N–H and O–H groups in total. The molecule has 0 aromatic heterocycles. The molecule has 0 spiro atoms. The maximum absolute atomic E-state index is 10.3. The van der Waals surface area contributed by atoms with Crippen molar-refractivity contribution in [2.45, 2.75) is 13.8 Å². The fraction of sp³-hybridized carbons (Fsp3) is 0.300. The lowest BCUT2D eigenvalue weighted by Gasteiger charge is -2.22. The summed E-state index contributed by atoms with van der Waals surface area (Å²) in [6.45, 7) is 4.09. The Morgan fingerprint density at radius 1 is 1.33 bits per heavy atom. The Balaban J connectivity index is 2.99. The lowest BCUT2D eigenvalue weighted by molar-refractivity contribution is -0.104. The van der Waals surface area contributed by atoms with E-state index in [-0.39, 0.29) is 0 Å². The van der Waals surface area contributed by atoms with Gasteiger partial charge in [-0.1, -0.05) is 0 Å². The Kier molecular flexibility index (Phi) is 2.48. The lowest BCUT2D eigenvalue weighted by atomic mass is 10.1. The lowest BCUT2D eigenvalue weighted by Crippen LogP contribution is -2.13. The molecule has 0 aromatic carbocycles. The molecule has 0 saturated heterocycles. The molecule has 0 unspecified atom stereocenters. The Morgan fingerprint density at radius 3 is 2.58 bits per heavy atom. The first-order valence-electron chi connectivity index (χ1n) is 3.90. The van der Waals surface area contributed by atoms with Crippen LogP contribution in [-0.2, 0) is 4.79 Å². The molecule has 64 valence electrons. The summed E-state index contributed by atoms with van der Waals surface area (Å²) in [4.78, 5) is 12.2. The van der Waals surface area contributed by atoms with Gasteiger partial charge in [0.25, 0.3) is 0 Å². The molecule has 2 nitrogen and oxygen atoms in total. The van der Waals surface area contributed by atoms with E-state index in [0.29, 0.717) is 0 Å². The van der Waals surface area contributed by atoms with Crippen molar-refractivity contribution < 1.29 is 4.79 Å². The van der Waals surface area contributed by atoms with Gasteiger partial charge < -0.3 is 4.90 Å². The van der Waals surface area contributed by atoms with Crippen molar-refractivity contribution >= 4 is 6.29 Å². The molecule has 0 aliphatic carbocycles. The first kappa shape index (κ1) is 8.78. The van der Waals surface area contributed by atoms with Gasteiger partial charge in [-0.05, 0) is 31.1 Å². The Bertz CT molecular complexity index is 284. The van der Waals surface area contributed by atoms with Crippen LogP contribution >= 0.6 is 0 Å². The average molecular weight is 163 g/mol. The molecule has 1 aliphatic rings. The second-order valence-electron chi connectivity index (χ2n) is 2.98. The SMILES string of the molecule is CC1=CC(=CC=O)N(C)C=C1C. The predicted molar refractivity (Wildman–Crippen MR) is 49.4 cm³/mol. The highest BCUT2D eigenvalue weighted by atomic mass is 16.1. The van der Waals surface area contributed by atoms with Crippen molar-refractivity contribution in [2.24, 2.45) is 0 Å². The summed E-state index contributed by atoms with van der Waals surface area (Å²) >= 11 is 0. The van der Waals surface area contributed by atoms with Crippen molar-refractivity contribution in [3.63, 3.8) is 0 Å². The summed E-state index contributed by atoms with van der Waals surface area (Å²) in [5, 5.41) is 0. The van der Waals surface area contributed by atoms with Crippen molar-refractivity contribution in [3.8, 4) is 0 Å². The van der Waals surface area contributed by atoms with Crippen LogP contribution in [0.4, 0.5) is 0 Å². The third kappa shape index (κ3) is 1.64. The molecule has 1 aliphatic heterocycles. The van der Waals surface area contributed by atoms with Crippen LogP contribution in [0.5, 0.6) is 0 Å². The number of likely N-dealkylation sites (N-methyl/N-ethyl adjacent to an activating group) is 1. The highest BCUT2D eigenvalue weighted by Gasteiger charge is 2.06. The first-order valence-corrected chi connectivity index (χ1v) is 3.90. The number of nitrogens with zero attached hydrogens (tertiary/aromatic N) is 1. The van der Waals surface area contributed by atoms with Crippen LogP contribution < -0.4 is 0 Å². The molecule has 2 heteroatoms. The van der Waals surface area contributed by atoms with Crippen LogP contribution in [-0.4, -0.2) is 18.2 Å². The quantitative estimate of drug-likeness (QED) is 0.434. The van der Waals surface area contributed by atoms with Crippen molar-refractivity contribution in [3.05, 3.63) is 35.2 Å². The van der Waals surface area contributed by atoms with Gasteiger partial charge in [0.1, 0.15) is 6.29 Å². The van der Waals surface area contributed by atoms with Gasteiger partial charge in [0.05, 0.1) is 0 Å². The van der Waals surface area contributed by atoms with Gasteiger partial charge in [-0.15, -0.1) is 0 Å². The van der Waals surface area contributed by atoms with Gasteiger partial charge in [0, 0.05) is 25.0 Å². The van der Waals surface area contributed by atoms with Crippen LogP contribution in [0.3, 0.4) is 0 Å². The van der Waals surface area contributed by atoms with Crippen LogP contribution in [0.1, 0.15) is 13.8 Å². The van der Waals surface area contributed by atoms with Crippen LogP contribution in [0.2, 0.25) is 0 Å². The third-order valence-corrected chi connectivity index (χ3v) is 2.02. The van der Waals surface area contributed by atoms with E-state index < -0.39 is 0 Å². The molecule has 0 atom stereocenters. The van der Waals surface area contributed by atoms with E-state index in [1.165, 1.54) is 11.1 Å². The highest BCUT2D eigenvalue weighted by molar-refractivity contribution is 5.67. The zero-order valence-corrected chi connectivity index (χ0v) is 7.66. The van der Waals surface area contributed by atoms with Crippen LogP contribution in [0.25, 0.3) is 0 Å². The minimum Gasteiger partial charge on any atom is -0.351 e. The second-order valence-corrected chi connectivity index (χ2v) is 2.98. The number of allylic oxidation sites excluding steroid dienone is 4. The molecule has 0 radical (unpaired) electrons. The minimum absolute atomic E-state index is 0.810. The molecule has 0 amide bonds. The van der Waals surface area contributed by atoms with Gasteiger partial charge in [-0.25, -0.2) is 0 Å². The molecule has 1 rings (SSSR count). The third-order valence-electron chi connectivity index (χ3n) is 2.02. The summed E-state index contributed by atoms with van der Waals surface area (Å²) < 4.78 is 0. The van der Waals surface area contributed by atoms with Crippen molar-refractivity contribution in [2.75, 3.05) is 7.05 Å². The second kappa shape index (κ2) is 3.39. The maximum atomic E-state index is 10.3. The predicted octanol–water partition coefficient (Wildman–Crippen LogP) is 1.86. The van der Waals surface area contributed by atoms with Crippen molar-refractivity contribution in [1.29, 1.82) is 0 Å². The molecular weight excluding hydrogens is 150 g/mol. The number of rotatable bonds is 1. The van der Waals surface area contributed by atoms with Gasteiger partial charge in [0.15, 0.2) is 0 Å². The number of carbonyl (C=O) groups excluding carboxylic acids is 1. The average Bonchev–Trinajstić information content (AvgIpc) is 2.01. The van der Waals surface area contributed by atoms with Gasteiger partial charge >= 0.3 is 0 Å². The Morgan fingerprint density at radius 2 is 2.00 bits per heavy atom. The van der Waals surface area contributed by atoms with E-state index in [1.54, 1.807) is 6.08 Å². The fourth-order valence-corrected chi connectivity index (χ4v) is 1.14. The highest BCUT2D eigenvalue weighted by Crippen LogP contribution is 2.20. The monoisotopic (exact) mass is 163 g/mol. The minimum atomic E-state index is 0.810. The van der Waals surface area contributed by atoms with E-state index in [1.807, 2.05) is 31.1 Å². The largest absolute Gasteiger partial charge is 0.351 e. The van der Waals surface area contributed by atoms with Gasteiger partial charge in [-0.2, -0.15) is 0 Å². The Hall–Kier alpha value is -1.31. The van der Waals surface area contributed by atoms with Gasteiger partial charge in [-0.3, -0.25) is 4.79 Å². The summed E-state index contributed by atoms with van der Waals surface area (Å²) in [5.74, 6) is 0. The van der Waals surface area contributed by atoms with Crippen molar-refractivity contribution in [1.82, 2.24) is 4.90 Å². The number of hydrogen-bond acceptors (Lipinski definition) is 2. The fourth-order valence-electron chi connectivity index (χ4n) is 1.14. The summed E-state index contributed by atoms with van der Waals surface area (Å²) in [5.41, 5.74) is 3.38. The molecule has 12 heavy (non-hydrogen) atoms. The zero-order valence-electron chi connectivity index (χ0n) is 7.66. The summed E-state index contributed by atoms with van der Waals surface area (Å²) in [6.07, 6.45) is 6.39. The van der Waals surface area contributed by atoms with E-state index in [4.69, 9.17) is 0 Å². The van der Waals surface area contributed by atoms with E-state index in [0.717, 1.165) is 12.0 Å². The normalized spacial score (nSPS) is 20.6. The zero-order chi connectivity index (χ0) is 9.14. The molecule has 0 fully saturated rings.